The van der Waals surface area contributed by atoms with Gasteiger partial charge >= 0.3 is 0 Å². The summed E-state index contributed by atoms with van der Waals surface area (Å²) in [5, 5.41) is 13.2. The minimum Gasteiger partial charge on any atom is -0.508 e. The Bertz CT molecular complexity index is 903. The van der Waals surface area contributed by atoms with Crippen molar-refractivity contribution >= 4 is 28.1 Å². The highest BCUT2D eigenvalue weighted by Crippen LogP contribution is 2.28. The van der Waals surface area contributed by atoms with Gasteiger partial charge < -0.3 is 9.52 Å². The first-order valence-electron chi connectivity index (χ1n) is 7.10. The summed E-state index contributed by atoms with van der Waals surface area (Å²) in [4.78, 5) is 11.9. The number of amides is 1. The van der Waals surface area contributed by atoms with Gasteiger partial charge in [-0.25, -0.2) is 5.43 Å². The van der Waals surface area contributed by atoms with E-state index in [1.165, 1.54) is 18.3 Å². The zero-order chi connectivity index (χ0) is 16.9. The van der Waals surface area contributed by atoms with Gasteiger partial charge in [-0.15, -0.1) is 0 Å². The predicted molar refractivity (Wildman–Crippen MR) is 95.0 cm³/mol. The minimum atomic E-state index is -0.417. The van der Waals surface area contributed by atoms with Crippen molar-refractivity contribution in [1.82, 2.24) is 5.43 Å². The van der Waals surface area contributed by atoms with Gasteiger partial charge in [-0.05, 0) is 36.4 Å². The van der Waals surface area contributed by atoms with Gasteiger partial charge in [-0.3, -0.25) is 4.79 Å². The van der Waals surface area contributed by atoms with Crippen molar-refractivity contribution in [3.8, 4) is 17.1 Å². The highest BCUT2D eigenvalue weighted by Gasteiger charge is 2.07. The van der Waals surface area contributed by atoms with Gasteiger partial charge in [0.25, 0.3) is 5.91 Å². The molecule has 0 aliphatic rings. The second-order valence-corrected chi connectivity index (χ2v) is 5.79. The lowest BCUT2D eigenvalue weighted by atomic mass is 10.2. The van der Waals surface area contributed by atoms with Gasteiger partial charge in [0.15, 0.2) is 0 Å². The molecule has 0 bridgehead atoms. The third-order valence-electron chi connectivity index (χ3n) is 3.23. The summed E-state index contributed by atoms with van der Waals surface area (Å²) < 4.78 is 6.62. The zero-order valence-corrected chi connectivity index (χ0v) is 14.0. The molecule has 2 N–H and O–H groups in total. The number of hydrogen-bond donors (Lipinski definition) is 2. The molecule has 0 aliphatic heterocycles. The van der Waals surface area contributed by atoms with E-state index in [4.69, 9.17) is 4.42 Å². The molecule has 0 radical (unpaired) electrons. The summed E-state index contributed by atoms with van der Waals surface area (Å²) in [5.41, 5.74) is 3.64. The molecule has 24 heavy (non-hydrogen) atoms. The first kappa shape index (κ1) is 16.0. The number of rotatable bonds is 4. The summed E-state index contributed by atoms with van der Waals surface area (Å²) in [6.45, 7) is 0. The molecule has 5 nitrogen and oxygen atoms in total. The second kappa shape index (κ2) is 7.14. The highest BCUT2D eigenvalue weighted by molar-refractivity contribution is 9.10. The van der Waals surface area contributed by atoms with Crippen LogP contribution in [0.1, 0.15) is 16.1 Å². The Kier molecular flexibility index (Phi) is 4.77. The SMILES string of the molecule is O=C(N/N=C\c1ccc(-c2ccccc2Br)o1)c1cccc(O)c1. The van der Waals surface area contributed by atoms with Crippen molar-refractivity contribution in [3.63, 3.8) is 0 Å². The highest BCUT2D eigenvalue weighted by atomic mass is 79.9. The van der Waals surface area contributed by atoms with Crippen molar-refractivity contribution in [2.45, 2.75) is 0 Å². The van der Waals surface area contributed by atoms with Crippen LogP contribution in [0.2, 0.25) is 0 Å². The van der Waals surface area contributed by atoms with Crippen LogP contribution in [-0.4, -0.2) is 17.2 Å². The largest absolute Gasteiger partial charge is 0.508 e. The Hall–Kier alpha value is -2.86. The number of halogens is 1. The van der Waals surface area contributed by atoms with Crippen LogP contribution in [0.5, 0.6) is 5.75 Å². The molecule has 0 fully saturated rings. The van der Waals surface area contributed by atoms with Crippen molar-refractivity contribution in [2.75, 3.05) is 0 Å². The number of carbonyl (C=O) groups excluding carboxylic acids is 1. The van der Waals surface area contributed by atoms with Crippen LogP contribution < -0.4 is 5.43 Å². The molecule has 0 spiro atoms. The van der Waals surface area contributed by atoms with E-state index in [0.717, 1.165) is 10.0 Å². The average molecular weight is 385 g/mol. The number of furan rings is 1. The molecule has 2 aromatic carbocycles. The Morgan fingerprint density at radius 1 is 1.12 bits per heavy atom. The van der Waals surface area contributed by atoms with Gasteiger partial charge in [0.05, 0.1) is 6.21 Å². The van der Waals surface area contributed by atoms with E-state index in [1.54, 1.807) is 18.2 Å². The first-order valence-corrected chi connectivity index (χ1v) is 7.90. The van der Waals surface area contributed by atoms with Crippen LogP contribution in [0.4, 0.5) is 0 Å². The van der Waals surface area contributed by atoms with Crippen molar-refractivity contribution in [3.05, 3.63) is 76.5 Å². The van der Waals surface area contributed by atoms with Crippen LogP contribution in [0.15, 0.2) is 74.7 Å². The average Bonchev–Trinajstić information content (AvgIpc) is 3.04. The smallest absolute Gasteiger partial charge is 0.271 e. The summed E-state index contributed by atoms with van der Waals surface area (Å²) >= 11 is 3.47. The van der Waals surface area contributed by atoms with E-state index >= 15 is 0 Å². The maximum absolute atomic E-state index is 11.9. The fourth-order valence-electron chi connectivity index (χ4n) is 2.09. The number of nitrogens with one attached hydrogen (secondary N) is 1. The minimum absolute atomic E-state index is 0.0238. The summed E-state index contributed by atoms with van der Waals surface area (Å²) in [6, 6.07) is 17.3. The van der Waals surface area contributed by atoms with E-state index in [2.05, 4.69) is 26.5 Å². The van der Waals surface area contributed by atoms with Crippen LogP contribution in [0, 0.1) is 0 Å². The molecule has 3 aromatic rings. The predicted octanol–water partition coefficient (Wildman–Crippen LogP) is 4.18. The molecule has 0 atom stereocenters. The summed E-state index contributed by atoms with van der Waals surface area (Å²) in [6.07, 6.45) is 1.42. The third-order valence-corrected chi connectivity index (χ3v) is 3.92. The molecule has 1 heterocycles. The molecular weight excluding hydrogens is 372 g/mol. The number of nitrogens with zero attached hydrogens (tertiary/aromatic N) is 1. The summed E-state index contributed by atoms with van der Waals surface area (Å²) in [5.74, 6) is 0.815. The number of phenolic OH excluding ortho intramolecular Hbond substituents is 1. The first-order chi connectivity index (χ1) is 11.6. The molecule has 120 valence electrons. The van der Waals surface area contributed by atoms with Crippen molar-refractivity contribution in [1.29, 1.82) is 0 Å². The normalized spacial score (nSPS) is 10.9. The van der Waals surface area contributed by atoms with E-state index < -0.39 is 5.91 Å². The third kappa shape index (κ3) is 3.72. The maximum Gasteiger partial charge on any atom is 0.271 e. The number of phenols is 1. The molecule has 1 amide bonds. The second-order valence-electron chi connectivity index (χ2n) is 4.93. The van der Waals surface area contributed by atoms with Crippen LogP contribution in [0.3, 0.4) is 0 Å². The molecule has 6 heteroatoms. The van der Waals surface area contributed by atoms with Crippen LogP contribution >= 0.6 is 15.9 Å². The monoisotopic (exact) mass is 384 g/mol. The quantitative estimate of drug-likeness (QED) is 0.523. The Morgan fingerprint density at radius 2 is 1.96 bits per heavy atom. The standard InChI is InChI=1S/C18H13BrN2O3/c19-16-7-2-1-6-15(16)17-9-8-14(24-17)11-20-21-18(23)12-4-3-5-13(22)10-12/h1-11,22H,(H,21,23)/b20-11-. The van der Waals surface area contributed by atoms with E-state index in [-0.39, 0.29) is 5.75 Å². The van der Waals surface area contributed by atoms with Crippen molar-refractivity contribution < 1.29 is 14.3 Å². The lowest BCUT2D eigenvalue weighted by Crippen LogP contribution is -2.17. The number of hydrazone groups is 1. The molecule has 3 rings (SSSR count). The van der Waals surface area contributed by atoms with Crippen LogP contribution in [-0.2, 0) is 0 Å². The van der Waals surface area contributed by atoms with Crippen molar-refractivity contribution in [2.24, 2.45) is 5.10 Å². The number of hydrogen-bond acceptors (Lipinski definition) is 4. The molecular formula is C18H13BrN2O3. The molecule has 0 aliphatic carbocycles. The van der Waals surface area contributed by atoms with Gasteiger partial charge in [0, 0.05) is 15.6 Å². The maximum atomic E-state index is 11.9. The van der Waals surface area contributed by atoms with E-state index in [1.807, 2.05) is 30.3 Å². The zero-order valence-electron chi connectivity index (χ0n) is 12.4. The number of benzene rings is 2. The van der Waals surface area contributed by atoms with Gasteiger partial charge in [-0.2, -0.15) is 5.10 Å². The number of carbonyl (C=O) groups is 1. The van der Waals surface area contributed by atoms with Crippen LogP contribution in [0.25, 0.3) is 11.3 Å². The molecule has 0 saturated heterocycles. The fourth-order valence-corrected chi connectivity index (χ4v) is 2.57. The lowest BCUT2D eigenvalue weighted by Gasteiger charge is -2.00. The van der Waals surface area contributed by atoms with Gasteiger partial charge in [0.2, 0.25) is 0 Å². The molecule has 0 saturated carbocycles. The fraction of sp³-hybridized carbons (Fsp3) is 0. The van der Waals surface area contributed by atoms with E-state index in [9.17, 15) is 9.90 Å². The Labute approximate surface area is 146 Å². The Balaban J connectivity index is 1.68. The van der Waals surface area contributed by atoms with Gasteiger partial charge in [0.1, 0.15) is 17.3 Å². The van der Waals surface area contributed by atoms with Gasteiger partial charge in [-0.1, -0.05) is 40.2 Å². The molecule has 0 unspecified atom stereocenters. The molecule has 1 aromatic heterocycles. The Morgan fingerprint density at radius 3 is 2.75 bits per heavy atom. The van der Waals surface area contributed by atoms with E-state index in [0.29, 0.717) is 17.1 Å². The lowest BCUT2D eigenvalue weighted by molar-refractivity contribution is 0.0954. The number of aromatic hydroxyl groups is 1. The summed E-state index contributed by atoms with van der Waals surface area (Å²) in [7, 11) is 0. The topological polar surface area (TPSA) is 74.8 Å².